The highest BCUT2D eigenvalue weighted by Gasteiger charge is 2.24. The average Bonchev–Trinajstić information content (AvgIpc) is 3.35. The number of hydrogen-bond donors (Lipinski definition) is 1. The van der Waals surface area contributed by atoms with Gasteiger partial charge in [0.15, 0.2) is 11.5 Å². The summed E-state index contributed by atoms with van der Waals surface area (Å²) in [4.78, 5) is 4.72. The summed E-state index contributed by atoms with van der Waals surface area (Å²) in [5.41, 5.74) is 11.0. The van der Waals surface area contributed by atoms with E-state index in [1.165, 1.54) is 0 Å². The fourth-order valence-electron chi connectivity index (χ4n) is 4.08. The molecule has 2 aliphatic rings. The Morgan fingerprint density at radius 3 is 2.68 bits per heavy atom. The fourth-order valence-corrected chi connectivity index (χ4v) is 4.08. The highest BCUT2D eigenvalue weighted by Crippen LogP contribution is 2.39. The van der Waals surface area contributed by atoms with Gasteiger partial charge in [-0.3, -0.25) is 9.67 Å². The maximum absolute atomic E-state index is 6.10. The second-order valence-electron chi connectivity index (χ2n) is 7.67. The maximum Gasteiger partial charge on any atom is 0.231 e. The number of aryl methyl sites for hydroxylation is 1. The zero-order valence-corrected chi connectivity index (χ0v) is 16.0. The second kappa shape index (κ2) is 6.95. The lowest BCUT2D eigenvalue weighted by Crippen LogP contribution is -2.28. The third kappa shape index (κ3) is 3.14. The molecule has 0 bridgehead atoms. The molecule has 2 aromatic heterocycles. The normalized spacial score (nSPS) is 21.1. The average molecular weight is 376 g/mol. The van der Waals surface area contributed by atoms with Crippen LogP contribution in [0.5, 0.6) is 11.5 Å². The van der Waals surface area contributed by atoms with Gasteiger partial charge in [0, 0.05) is 23.5 Å². The first-order valence-corrected chi connectivity index (χ1v) is 9.86. The van der Waals surface area contributed by atoms with Gasteiger partial charge in [-0.05, 0) is 62.4 Å². The summed E-state index contributed by atoms with van der Waals surface area (Å²) in [6.07, 6.45) is 6.36. The molecule has 3 heterocycles. The van der Waals surface area contributed by atoms with Crippen LogP contribution in [0.25, 0.3) is 22.5 Å². The summed E-state index contributed by atoms with van der Waals surface area (Å²) >= 11 is 0. The van der Waals surface area contributed by atoms with E-state index in [4.69, 9.17) is 25.3 Å². The van der Waals surface area contributed by atoms with Gasteiger partial charge in [0.25, 0.3) is 0 Å². The fraction of sp³-hybridized carbons (Fsp3) is 0.364. The Morgan fingerprint density at radius 2 is 1.86 bits per heavy atom. The van der Waals surface area contributed by atoms with Crippen molar-refractivity contribution in [2.45, 2.75) is 44.7 Å². The van der Waals surface area contributed by atoms with Crippen LogP contribution < -0.4 is 15.2 Å². The third-order valence-corrected chi connectivity index (χ3v) is 5.66. The lowest BCUT2D eigenvalue weighted by Gasteiger charge is -2.26. The topological polar surface area (TPSA) is 75.2 Å². The van der Waals surface area contributed by atoms with Crippen LogP contribution in [-0.4, -0.2) is 27.6 Å². The van der Waals surface area contributed by atoms with Gasteiger partial charge in [0.05, 0.1) is 11.7 Å². The summed E-state index contributed by atoms with van der Waals surface area (Å²) in [7, 11) is 0. The number of ether oxygens (including phenoxy) is 2. The molecule has 1 aliphatic heterocycles. The quantitative estimate of drug-likeness (QED) is 0.745. The Kier molecular flexibility index (Phi) is 4.28. The Morgan fingerprint density at radius 1 is 1.04 bits per heavy atom. The van der Waals surface area contributed by atoms with Gasteiger partial charge in [0.1, 0.15) is 5.69 Å². The number of nitrogens with two attached hydrogens (primary N) is 1. The smallest absolute Gasteiger partial charge is 0.231 e. The van der Waals surface area contributed by atoms with E-state index in [-0.39, 0.29) is 6.79 Å². The van der Waals surface area contributed by atoms with Crippen LogP contribution in [0.1, 0.15) is 37.4 Å². The van der Waals surface area contributed by atoms with Crippen LogP contribution in [0.2, 0.25) is 0 Å². The van der Waals surface area contributed by atoms with Gasteiger partial charge in [0.2, 0.25) is 6.79 Å². The van der Waals surface area contributed by atoms with E-state index >= 15 is 0 Å². The van der Waals surface area contributed by atoms with Gasteiger partial charge in [-0.25, -0.2) is 0 Å². The van der Waals surface area contributed by atoms with Crippen LogP contribution in [0, 0.1) is 6.92 Å². The van der Waals surface area contributed by atoms with Gasteiger partial charge in [-0.2, -0.15) is 5.10 Å². The van der Waals surface area contributed by atoms with Crippen molar-refractivity contribution in [2.24, 2.45) is 5.73 Å². The van der Waals surface area contributed by atoms with Gasteiger partial charge in [-0.15, -0.1) is 0 Å². The molecular formula is C22H24N4O2. The monoisotopic (exact) mass is 376 g/mol. The molecule has 0 saturated heterocycles. The SMILES string of the molecule is Cc1cccc(-c2nn(C3CCC(N)CC3)cc2-c2ccc3c(c2)OCO3)n1. The molecular weight excluding hydrogens is 352 g/mol. The lowest BCUT2D eigenvalue weighted by atomic mass is 9.92. The highest BCUT2D eigenvalue weighted by molar-refractivity contribution is 5.80. The summed E-state index contributed by atoms with van der Waals surface area (Å²) < 4.78 is 13.2. The van der Waals surface area contributed by atoms with Crippen molar-refractivity contribution >= 4 is 0 Å². The van der Waals surface area contributed by atoms with Crippen molar-refractivity contribution < 1.29 is 9.47 Å². The minimum absolute atomic E-state index is 0.271. The molecule has 5 rings (SSSR count). The van der Waals surface area contributed by atoms with E-state index in [2.05, 4.69) is 16.9 Å². The Bertz CT molecular complexity index is 1010. The molecule has 1 fully saturated rings. The van der Waals surface area contributed by atoms with Crippen LogP contribution >= 0.6 is 0 Å². The zero-order chi connectivity index (χ0) is 19.1. The van der Waals surface area contributed by atoms with E-state index in [1.807, 2.05) is 37.3 Å². The van der Waals surface area contributed by atoms with E-state index in [0.29, 0.717) is 12.1 Å². The number of nitrogens with zero attached hydrogens (tertiary/aromatic N) is 3. The zero-order valence-electron chi connectivity index (χ0n) is 16.0. The third-order valence-electron chi connectivity index (χ3n) is 5.66. The maximum atomic E-state index is 6.10. The van der Waals surface area contributed by atoms with Crippen LogP contribution in [-0.2, 0) is 0 Å². The first-order chi connectivity index (χ1) is 13.7. The van der Waals surface area contributed by atoms with E-state index < -0.39 is 0 Å². The van der Waals surface area contributed by atoms with E-state index in [0.717, 1.165) is 65.4 Å². The van der Waals surface area contributed by atoms with Crippen molar-refractivity contribution in [3.05, 3.63) is 48.3 Å². The molecule has 6 heteroatoms. The summed E-state index contributed by atoms with van der Waals surface area (Å²) in [6, 6.07) is 12.8. The number of hydrogen-bond acceptors (Lipinski definition) is 5. The van der Waals surface area contributed by atoms with Crippen LogP contribution in [0.15, 0.2) is 42.6 Å². The Balaban J connectivity index is 1.60. The largest absolute Gasteiger partial charge is 0.454 e. The molecule has 144 valence electrons. The first-order valence-electron chi connectivity index (χ1n) is 9.86. The van der Waals surface area contributed by atoms with Crippen molar-refractivity contribution in [3.63, 3.8) is 0 Å². The molecule has 0 atom stereocenters. The number of benzene rings is 1. The van der Waals surface area contributed by atoms with Crippen molar-refractivity contribution in [3.8, 4) is 34.0 Å². The number of pyridine rings is 1. The summed E-state index contributed by atoms with van der Waals surface area (Å²) in [5, 5.41) is 4.98. The minimum atomic E-state index is 0.271. The molecule has 1 saturated carbocycles. The van der Waals surface area contributed by atoms with Gasteiger partial charge >= 0.3 is 0 Å². The van der Waals surface area contributed by atoms with Gasteiger partial charge in [-0.1, -0.05) is 12.1 Å². The summed E-state index contributed by atoms with van der Waals surface area (Å²) in [5.74, 6) is 1.56. The van der Waals surface area contributed by atoms with Crippen molar-refractivity contribution in [1.29, 1.82) is 0 Å². The van der Waals surface area contributed by atoms with Crippen LogP contribution in [0.4, 0.5) is 0 Å². The molecule has 0 spiro atoms. The van der Waals surface area contributed by atoms with Gasteiger partial charge < -0.3 is 15.2 Å². The Labute approximate surface area is 164 Å². The number of rotatable bonds is 3. The Hall–Kier alpha value is -2.86. The first kappa shape index (κ1) is 17.3. The standard InChI is InChI=1S/C22H24N4O2/c1-14-3-2-4-19(24-14)22-18(15-5-10-20-21(11-15)28-13-27-20)12-26(25-22)17-8-6-16(23)7-9-17/h2-5,10-12,16-17H,6-9,13,23H2,1H3. The highest BCUT2D eigenvalue weighted by atomic mass is 16.7. The molecule has 1 aromatic carbocycles. The van der Waals surface area contributed by atoms with Crippen molar-refractivity contribution in [1.82, 2.24) is 14.8 Å². The molecule has 6 nitrogen and oxygen atoms in total. The molecule has 1 aliphatic carbocycles. The predicted octanol–water partition coefficient (Wildman–Crippen LogP) is 4.09. The second-order valence-corrected chi connectivity index (χ2v) is 7.67. The molecule has 0 unspecified atom stereocenters. The lowest BCUT2D eigenvalue weighted by molar-refractivity contribution is 0.174. The van der Waals surface area contributed by atoms with Crippen molar-refractivity contribution in [2.75, 3.05) is 6.79 Å². The van der Waals surface area contributed by atoms with E-state index in [1.54, 1.807) is 0 Å². The number of fused-ring (bicyclic) bond motifs is 1. The molecule has 0 radical (unpaired) electrons. The molecule has 2 N–H and O–H groups in total. The molecule has 0 amide bonds. The van der Waals surface area contributed by atoms with E-state index in [9.17, 15) is 0 Å². The predicted molar refractivity (Wildman–Crippen MR) is 107 cm³/mol. The summed E-state index contributed by atoms with van der Waals surface area (Å²) in [6.45, 7) is 2.27. The molecule has 3 aromatic rings. The minimum Gasteiger partial charge on any atom is -0.454 e. The number of aromatic nitrogens is 3. The van der Waals surface area contributed by atoms with Crippen LogP contribution in [0.3, 0.4) is 0 Å². The molecule has 28 heavy (non-hydrogen) atoms.